The van der Waals surface area contributed by atoms with E-state index < -0.39 is 5.97 Å². The van der Waals surface area contributed by atoms with Crippen molar-refractivity contribution in [3.05, 3.63) is 53.1 Å². The van der Waals surface area contributed by atoms with Crippen LogP contribution in [0.3, 0.4) is 0 Å². The molecule has 0 radical (unpaired) electrons. The summed E-state index contributed by atoms with van der Waals surface area (Å²) in [6.07, 6.45) is 5.32. The van der Waals surface area contributed by atoms with Crippen LogP contribution < -0.4 is 0 Å². The van der Waals surface area contributed by atoms with E-state index in [0.717, 1.165) is 37.4 Å². The normalized spacial score (nSPS) is 16.8. The Balaban J connectivity index is 1.65. The van der Waals surface area contributed by atoms with Crippen LogP contribution in [0.1, 0.15) is 44.9 Å². The number of pyridine rings is 1. The summed E-state index contributed by atoms with van der Waals surface area (Å²) < 4.78 is 12.9. The van der Waals surface area contributed by atoms with E-state index in [0.29, 0.717) is 11.1 Å². The predicted molar refractivity (Wildman–Crippen MR) is 91.7 cm³/mol. The standard InChI is InChI=1S/C19H22N2O4/c1-13-9-17(14(2)21(13)11-16-6-4-8-24-16)18(22)12-25-19(23)15-5-3-7-20-10-15/h3,5,7,9-10,16H,4,6,8,11-12H2,1-2H3/t16-/m0/s1. The van der Waals surface area contributed by atoms with Crippen molar-refractivity contribution in [3.8, 4) is 0 Å². The molecule has 1 aliphatic heterocycles. The molecule has 6 nitrogen and oxygen atoms in total. The number of carbonyl (C=O) groups is 2. The summed E-state index contributed by atoms with van der Waals surface area (Å²) in [4.78, 5) is 28.3. The molecule has 0 amide bonds. The molecule has 1 saturated heterocycles. The number of hydrogen-bond acceptors (Lipinski definition) is 5. The van der Waals surface area contributed by atoms with Crippen LogP contribution in [0.4, 0.5) is 0 Å². The van der Waals surface area contributed by atoms with Gasteiger partial charge in [-0.2, -0.15) is 0 Å². The highest BCUT2D eigenvalue weighted by atomic mass is 16.5. The van der Waals surface area contributed by atoms with E-state index in [4.69, 9.17) is 9.47 Å². The third kappa shape index (κ3) is 3.96. The second kappa shape index (κ2) is 7.61. The SMILES string of the molecule is Cc1cc(C(=O)COC(=O)c2cccnc2)c(C)n1C[C@@H]1CCCO1. The first kappa shape index (κ1) is 17.4. The maximum atomic E-state index is 12.5. The molecule has 0 bridgehead atoms. The molecule has 2 aromatic heterocycles. The highest BCUT2D eigenvalue weighted by Crippen LogP contribution is 2.20. The van der Waals surface area contributed by atoms with Crippen LogP contribution in [0.15, 0.2) is 30.6 Å². The second-order valence-electron chi connectivity index (χ2n) is 6.27. The first-order valence-electron chi connectivity index (χ1n) is 8.45. The zero-order chi connectivity index (χ0) is 17.8. The largest absolute Gasteiger partial charge is 0.454 e. The number of aromatic nitrogens is 2. The molecule has 132 valence electrons. The Morgan fingerprint density at radius 2 is 2.24 bits per heavy atom. The zero-order valence-electron chi connectivity index (χ0n) is 14.5. The van der Waals surface area contributed by atoms with Crippen molar-refractivity contribution in [1.82, 2.24) is 9.55 Å². The van der Waals surface area contributed by atoms with Crippen molar-refractivity contribution < 1.29 is 19.1 Å². The minimum absolute atomic E-state index is 0.205. The molecule has 0 N–H and O–H groups in total. The van der Waals surface area contributed by atoms with Gasteiger partial charge >= 0.3 is 5.97 Å². The number of carbonyl (C=O) groups excluding carboxylic acids is 2. The average molecular weight is 342 g/mol. The summed E-state index contributed by atoms with van der Waals surface area (Å²) in [5, 5.41) is 0. The van der Waals surface area contributed by atoms with Crippen molar-refractivity contribution in [2.75, 3.05) is 13.2 Å². The van der Waals surface area contributed by atoms with Gasteiger partial charge < -0.3 is 14.0 Å². The second-order valence-corrected chi connectivity index (χ2v) is 6.27. The van der Waals surface area contributed by atoms with Gasteiger partial charge in [-0.05, 0) is 44.9 Å². The molecule has 3 heterocycles. The van der Waals surface area contributed by atoms with Crippen molar-refractivity contribution >= 4 is 11.8 Å². The van der Waals surface area contributed by atoms with Crippen LogP contribution in [-0.4, -0.2) is 40.6 Å². The zero-order valence-corrected chi connectivity index (χ0v) is 14.5. The maximum Gasteiger partial charge on any atom is 0.340 e. The monoisotopic (exact) mass is 342 g/mol. The minimum atomic E-state index is -0.547. The minimum Gasteiger partial charge on any atom is -0.454 e. The Bertz CT molecular complexity index is 761. The molecule has 6 heteroatoms. The van der Waals surface area contributed by atoms with E-state index in [1.165, 1.54) is 6.20 Å². The van der Waals surface area contributed by atoms with Gasteiger partial charge in [-0.15, -0.1) is 0 Å². The lowest BCUT2D eigenvalue weighted by Crippen LogP contribution is -2.18. The summed E-state index contributed by atoms with van der Waals surface area (Å²) in [5.41, 5.74) is 2.82. The number of esters is 1. The molecule has 0 aliphatic carbocycles. The molecule has 0 saturated carbocycles. The van der Waals surface area contributed by atoms with E-state index in [-0.39, 0.29) is 18.5 Å². The van der Waals surface area contributed by atoms with Gasteiger partial charge in [-0.1, -0.05) is 0 Å². The molecule has 1 fully saturated rings. The molecular formula is C19H22N2O4. The number of ketones is 1. The topological polar surface area (TPSA) is 70.4 Å². The highest BCUT2D eigenvalue weighted by molar-refractivity contribution is 6.00. The summed E-state index contributed by atoms with van der Waals surface area (Å²) in [6.45, 7) is 5.16. The molecule has 0 unspecified atom stereocenters. The fourth-order valence-electron chi connectivity index (χ4n) is 3.13. The Labute approximate surface area is 146 Å². The summed E-state index contributed by atoms with van der Waals surface area (Å²) in [6, 6.07) is 5.11. The summed E-state index contributed by atoms with van der Waals surface area (Å²) in [5.74, 6) is -0.751. The third-order valence-corrected chi connectivity index (χ3v) is 4.52. The van der Waals surface area contributed by atoms with E-state index in [1.807, 2.05) is 19.9 Å². The Morgan fingerprint density at radius 3 is 2.92 bits per heavy atom. The van der Waals surface area contributed by atoms with Gasteiger partial charge in [0, 0.05) is 42.5 Å². The molecule has 2 aromatic rings. The van der Waals surface area contributed by atoms with E-state index in [9.17, 15) is 9.59 Å². The molecule has 3 rings (SSSR count). The van der Waals surface area contributed by atoms with Crippen LogP contribution in [0, 0.1) is 13.8 Å². The van der Waals surface area contributed by atoms with E-state index >= 15 is 0 Å². The number of rotatable bonds is 6. The van der Waals surface area contributed by atoms with Gasteiger partial charge in [0.25, 0.3) is 0 Å². The highest BCUT2D eigenvalue weighted by Gasteiger charge is 2.21. The van der Waals surface area contributed by atoms with Crippen molar-refractivity contribution in [1.29, 1.82) is 0 Å². The molecule has 0 spiro atoms. The van der Waals surface area contributed by atoms with Crippen LogP contribution in [0.25, 0.3) is 0 Å². The van der Waals surface area contributed by atoms with Crippen LogP contribution in [0.5, 0.6) is 0 Å². The van der Waals surface area contributed by atoms with Crippen molar-refractivity contribution in [2.24, 2.45) is 0 Å². The van der Waals surface area contributed by atoms with Gasteiger partial charge in [-0.3, -0.25) is 9.78 Å². The Morgan fingerprint density at radius 1 is 1.40 bits per heavy atom. The Kier molecular flexibility index (Phi) is 5.28. The average Bonchev–Trinajstić information content (AvgIpc) is 3.24. The Hall–Kier alpha value is -2.47. The first-order valence-corrected chi connectivity index (χ1v) is 8.45. The fraction of sp³-hybridized carbons (Fsp3) is 0.421. The molecule has 1 aliphatic rings. The van der Waals surface area contributed by atoms with Gasteiger partial charge in [0.2, 0.25) is 5.78 Å². The number of nitrogens with zero attached hydrogens (tertiary/aromatic N) is 2. The lowest BCUT2D eigenvalue weighted by atomic mass is 10.1. The van der Waals surface area contributed by atoms with Gasteiger partial charge in [0.15, 0.2) is 6.61 Å². The quantitative estimate of drug-likeness (QED) is 0.596. The number of Topliss-reactive ketones (excluding diaryl/α,β-unsaturated/α-hetero) is 1. The van der Waals surface area contributed by atoms with Crippen molar-refractivity contribution in [2.45, 2.75) is 39.3 Å². The van der Waals surface area contributed by atoms with Crippen molar-refractivity contribution in [3.63, 3.8) is 0 Å². The summed E-state index contributed by atoms with van der Waals surface area (Å²) >= 11 is 0. The predicted octanol–water partition coefficient (Wildman–Crippen LogP) is 2.72. The lowest BCUT2D eigenvalue weighted by Gasteiger charge is -2.14. The van der Waals surface area contributed by atoms with Gasteiger partial charge in [0.1, 0.15) is 0 Å². The number of ether oxygens (including phenoxy) is 2. The lowest BCUT2D eigenvalue weighted by molar-refractivity contribution is 0.0474. The number of aryl methyl sites for hydroxylation is 1. The first-order chi connectivity index (χ1) is 12.1. The number of hydrogen-bond donors (Lipinski definition) is 0. The third-order valence-electron chi connectivity index (χ3n) is 4.52. The molecular weight excluding hydrogens is 320 g/mol. The van der Waals surface area contributed by atoms with E-state index in [2.05, 4.69) is 9.55 Å². The van der Waals surface area contributed by atoms with Crippen LogP contribution in [0.2, 0.25) is 0 Å². The fourth-order valence-corrected chi connectivity index (χ4v) is 3.13. The van der Waals surface area contributed by atoms with E-state index in [1.54, 1.807) is 18.3 Å². The molecule has 0 aromatic carbocycles. The van der Waals surface area contributed by atoms with Gasteiger partial charge in [0.05, 0.1) is 11.7 Å². The smallest absolute Gasteiger partial charge is 0.340 e. The molecule has 25 heavy (non-hydrogen) atoms. The molecule has 1 atom stereocenters. The summed E-state index contributed by atoms with van der Waals surface area (Å²) in [7, 11) is 0. The van der Waals surface area contributed by atoms with Gasteiger partial charge in [-0.25, -0.2) is 4.79 Å². The van der Waals surface area contributed by atoms with Crippen LogP contribution >= 0.6 is 0 Å². The van der Waals surface area contributed by atoms with Crippen LogP contribution in [-0.2, 0) is 16.0 Å². The maximum absolute atomic E-state index is 12.5.